The van der Waals surface area contributed by atoms with Crippen molar-refractivity contribution < 1.29 is 9.15 Å². The predicted octanol–water partition coefficient (Wildman–Crippen LogP) is 5.62. The zero-order valence-electron chi connectivity index (χ0n) is 13.9. The molecule has 0 bridgehead atoms. The van der Waals surface area contributed by atoms with Crippen molar-refractivity contribution in [3.63, 3.8) is 0 Å². The SMILES string of the molecule is CCCCOc1ccc(Cc2nn(-c3ccccc3Cl)c(=S)o2)cc1. The summed E-state index contributed by atoms with van der Waals surface area (Å²) in [6.45, 7) is 2.89. The zero-order valence-corrected chi connectivity index (χ0v) is 15.5. The van der Waals surface area contributed by atoms with Gasteiger partial charge in [0.1, 0.15) is 5.75 Å². The first-order chi connectivity index (χ1) is 12.2. The number of halogens is 1. The molecule has 1 heterocycles. The number of aromatic nitrogens is 2. The first kappa shape index (κ1) is 17.7. The molecule has 0 aliphatic carbocycles. The van der Waals surface area contributed by atoms with Crippen LogP contribution in [0.3, 0.4) is 0 Å². The van der Waals surface area contributed by atoms with Gasteiger partial charge in [-0.3, -0.25) is 0 Å². The van der Waals surface area contributed by atoms with E-state index in [-0.39, 0.29) is 4.84 Å². The lowest BCUT2D eigenvalue weighted by Gasteiger charge is -2.05. The van der Waals surface area contributed by atoms with E-state index in [0.717, 1.165) is 30.8 Å². The van der Waals surface area contributed by atoms with Crippen LogP contribution in [0.5, 0.6) is 5.75 Å². The molecule has 3 aromatic rings. The molecule has 0 amide bonds. The minimum atomic E-state index is 0.280. The van der Waals surface area contributed by atoms with E-state index in [9.17, 15) is 0 Å². The third-order valence-electron chi connectivity index (χ3n) is 3.72. The predicted molar refractivity (Wildman–Crippen MR) is 101 cm³/mol. The fourth-order valence-corrected chi connectivity index (χ4v) is 2.83. The number of hydrogen-bond donors (Lipinski definition) is 0. The maximum absolute atomic E-state index is 6.21. The van der Waals surface area contributed by atoms with Crippen LogP contribution in [0.2, 0.25) is 5.02 Å². The Hall–Kier alpha value is -2.11. The molecule has 0 aliphatic heterocycles. The van der Waals surface area contributed by atoms with Crippen molar-refractivity contribution in [1.82, 2.24) is 9.78 Å². The van der Waals surface area contributed by atoms with Gasteiger partial charge in [-0.05, 0) is 48.5 Å². The Kier molecular flexibility index (Phi) is 5.89. The highest BCUT2D eigenvalue weighted by molar-refractivity contribution is 7.71. The Balaban J connectivity index is 1.73. The van der Waals surface area contributed by atoms with Crippen molar-refractivity contribution in [2.75, 3.05) is 6.61 Å². The van der Waals surface area contributed by atoms with Gasteiger partial charge < -0.3 is 9.15 Å². The summed E-state index contributed by atoms with van der Waals surface area (Å²) in [6, 6.07) is 15.3. The molecule has 0 aliphatic rings. The van der Waals surface area contributed by atoms with Crippen LogP contribution < -0.4 is 4.74 Å². The van der Waals surface area contributed by atoms with Crippen molar-refractivity contribution in [2.24, 2.45) is 0 Å². The number of hydrogen-bond acceptors (Lipinski definition) is 4. The quantitative estimate of drug-likeness (QED) is 0.397. The second-order valence-corrected chi connectivity index (χ2v) is 6.40. The third-order valence-corrected chi connectivity index (χ3v) is 4.29. The number of rotatable bonds is 7. The summed E-state index contributed by atoms with van der Waals surface area (Å²) >= 11 is 11.5. The average Bonchev–Trinajstić information content (AvgIpc) is 2.97. The molecule has 0 spiro atoms. The summed E-state index contributed by atoms with van der Waals surface area (Å²) in [5.41, 5.74) is 1.79. The van der Waals surface area contributed by atoms with Crippen LogP contribution in [-0.2, 0) is 6.42 Å². The van der Waals surface area contributed by atoms with E-state index in [4.69, 9.17) is 33.0 Å². The lowest BCUT2D eigenvalue weighted by Crippen LogP contribution is -1.99. The highest BCUT2D eigenvalue weighted by Crippen LogP contribution is 2.21. The highest BCUT2D eigenvalue weighted by atomic mass is 35.5. The summed E-state index contributed by atoms with van der Waals surface area (Å²) in [5, 5.41) is 5.03. The van der Waals surface area contributed by atoms with Crippen molar-refractivity contribution in [3.05, 3.63) is 69.8 Å². The fourth-order valence-electron chi connectivity index (χ4n) is 2.38. The van der Waals surface area contributed by atoms with Crippen LogP contribution in [0.15, 0.2) is 52.9 Å². The number of unbranched alkanes of at least 4 members (excludes halogenated alkanes) is 1. The maximum atomic E-state index is 6.21. The zero-order chi connectivity index (χ0) is 17.6. The number of para-hydroxylation sites is 1. The Labute approximate surface area is 157 Å². The second kappa shape index (κ2) is 8.32. The van der Waals surface area contributed by atoms with E-state index >= 15 is 0 Å². The maximum Gasteiger partial charge on any atom is 0.291 e. The molecular formula is C19H19ClN2O2S. The van der Waals surface area contributed by atoms with Crippen LogP contribution in [-0.4, -0.2) is 16.4 Å². The smallest absolute Gasteiger partial charge is 0.291 e. The van der Waals surface area contributed by atoms with Gasteiger partial charge in [0.05, 0.1) is 23.7 Å². The molecule has 0 saturated heterocycles. The molecule has 2 aromatic carbocycles. The van der Waals surface area contributed by atoms with Crippen molar-refractivity contribution >= 4 is 23.8 Å². The van der Waals surface area contributed by atoms with Crippen molar-refractivity contribution in [1.29, 1.82) is 0 Å². The Bertz CT molecular complexity index is 887. The molecule has 130 valence electrons. The van der Waals surface area contributed by atoms with Gasteiger partial charge in [0.2, 0.25) is 5.89 Å². The van der Waals surface area contributed by atoms with Gasteiger partial charge in [-0.1, -0.05) is 49.2 Å². The topological polar surface area (TPSA) is 40.2 Å². The molecule has 6 heteroatoms. The molecule has 0 fully saturated rings. The van der Waals surface area contributed by atoms with Gasteiger partial charge in [0, 0.05) is 0 Å². The van der Waals surface area contributed by atoms with Gasteiger partial charge in [-0.15, -0.1) is 5.10 Å². The van der Waals surface area contributed by atoms with Gasteiger partial charge in [-0.25, -0.2) is 0 Å². The monoisotopic (exact) mass is 374 g/mol. The molecule has 25 heavy (non-hydrogen) atoms. The molecular weight excluding hydrogens is 356 g/mol. The van der Waals surface area contributed by atoms with Crippen LogP contribution in [0.25, 0.3) is 5.69 Å². The normalized spacial score (nSPS) is 10.8. The molecule has 1 aromatic heterocycles. The number of ether oxygens (including phenoxy) is 1. The van der Waals surface area contributed by atoms with E-state index in [2.05, 4.69) is 12.0 Å². The van der Waals surface area contributed by atoms with E-state index in [0.29, 0.717) is 23.0 Å². The minimum absolute atomic E-state index is 0.280. The van der Waals surface area contributed by atoms with Crippen LogP contribution >= 0.6 is 23.8 Å². The molecule has 0 radical (unpaired) electrons. The molecule has 4 nitrogen and oxygen atoms in total. The Morgan fingerprint density at radius 3 is 2.64 bits per heavy atom. The highest BCUT2D eigenvalue weighted by Gasteiger charge is 2.10. The molecule has 0 atom stereocenters. The Morgan fingerprint density at radius 2 is 1.92 bits per heavy atom. The minimum Gasteiger partial charge on any atom is -0.494 e. The molecule has 0 unspecified atom stereocenters. The van der Waals surface area contributed by atoms with Crippen LogP contribution in [0.4, 0.5) is 0 Å². The summed E-state index contributed by atoms with van der Waals surface area (Å²) < 4.78 is 12.8. The lowest BCUT2D eigenvalue weighted by atomic mass is 10.1. The number of nitrogens with zero attached hydrogens (tertiary/aromatic N) is 2. The third kappa shape index (κ3) is 4.50. The van der Waals surface area contributed by atoms with Gasteiger partial charge in [0.15, 0.2) is 0 Å². The van der Waals surface area contributed by atoms with E-state index in [1.54, 1.807) is 10.7 Å². The molecule has 3 rings (SSSR count). The summed E-state index contributed by atoms with van der Waals surface area (Å²) in [5.74, 6) is 1.42. The van der Waals surface area contributed by atoms with Gasteiger partial charge >= 0.3 is 0 Å². The summed E-state index contributed by atoms with van der Waals surface area (Å²) in [7, 11) is 0. The van der Waals surface area contributed by atoms with E-state index < -0.39 is 0 Å². The molecule has 0 saturated carbocycles. The standard InChI is InChI=1S/C19H19ClN2O2S/c1-2-3-12-23-15-10-8-14(9-11-15)13-18-21-22(19(25)24-18)17-7-5-4-6-16(17)20/h4-11H,2-3,12-13H2,1H3. The average molecular weight is 375 g/mol. The second-order valence-electron chi connectivity index (χ2n) is 5.65. The summed E-state index contributed by atoms with van der Waals surface area (Å²) in [4.78, 5) is 0.280. The van der Waals surface area contributed by atoms with Gasteiger partial charge in [0.25, 0.3) is 4.84 Å². The lowest BCUT2D eigenvalue weighted by molar-refractivity contribution is 0.309. The largest absolute Gasteiger partial charge is 0.494 e. The first-order valence-electron chi connectivity index (χ1n) is 8.23. The Morgan fingerprint density at radius 1 is 1.16 bits per heavy atom. The summed E-state index contributed by atoms with van der Waals surface area (Å²) in [6.07, 6.45) is 2.73. The fraction of sp³-hybridized carbons (Fsp3) is 0.263. The van der Waals surface area contributed by atoms with Gasteiger partial charge in [-0.2, -0.15) is 4.68 Å². The van der Waals surface area contributed by atoms with E-state index in [1.165, 1.54) is 0 Å². The first-order valence-corrected chi connectivity index (χ1v) is 9.01. The van der Waals surface area contributed by atoms with E-state index in [1.807, 2.05) is 42.5 Å². The van der Waals surface area contributed by atoms with Crippen LogP contribution in [0.1, 0.15) is 31.2 Å². The number of benzene rings is 2. The van der Waals surface area contributed by atoms with Crippen molar-refractivity contribution in [3.8, 4) is 11.4 Å². The van der Waals surface area contributed by atoms with Crippen LogP contribution in [0, 0.1) is 4.84 Å². The van der Waals surface area contributed by atoms with Crippen molar-refractivity contribution in [2.45, 2.75) is 26.2 Å². The molecule has 0 N–H and O–H groups in total.